The second kappa shape index (κ2) is 4.09. The van der Waals surface area contributed by atoms with E-state index in [4.69, 9.17) is 13.7 Å². The monoisotopic (exact) mass is 153 g/mol. The van der Waals surface area contributed by atoms with E-state index in [1.807, 2.05) is 0 Å². The van der Waals surface area contributed by atoms with Gasteiger partial charge in [0.2, 0.25) is 0 Å². The molecule has 1 fully saturated rings. The summed E-state index contributed by atoms with van der Waals surface area (Å²) < 4.78 is 0. The van der Waals surface area contributed by atoms with Crippen molar-refractivity contribution in [2.75, 3.05) is 19.6 Å². The molecule has 0 aliphatic carbocycles. The second-order valence-corrected chi connectivity index (χ2v) is 3.20. The van der Waals surface area contributed by atoms with Crippen LogP contribution in [0, 0.1) is 0 Å². The maximum Gasteiger partial charge on any atom is 0.178 e. The average Bonchev–Trinajstić information content (AvgIpc) is 2.32. The highest BCUT2D eigenvalue weighted by Gasteiger charge is 2.27. The molecule has 1 aliphatic rings. The summed E-state index contributed by atoms with van der Waals surface area (Å²) in [6.07, 6.45) is 1.18. The predicted molar refractivity (Wildman–Crippen MR) is 47.4 cm³/mol. The third-order valence-corrected chi connectivity index (χ3v) is 2.19. The molecule has 2 radical (unpaired) electrons. The van der Waals surface area contributed by atoms with Crippen molar-refractivity contribution >= 4 is 7.98 Å². The van der Waals surface area contributed by atoms with Crippen LogP contribution in [0.15, 0.2) is 0 Å². The lowest BCUT2D eigenvalue weighted by atomic mass is 10.1. The van der Waals surface area contributed by atoms with Gasteiger partial charge < -0.3 is 15.9 Å². The Morgan fingerprint density at radius 1 is 1.64 bits per heavy atom. The van der Waals surface area contributed by atoms with Crippen LogP contribution in [0.1, 0.15) is 13.3 Å². The number of hydrogen-bond acceptors (Lipinski definition) is 3. The van der Waals surface area contributed by atoms with Crippen molar-refractivity contribution in [2.45, 2.75) is 25.4 Å². The highest BCUT2D eigenvalue weighted by atomic mass is 15.2. The van der Waals surface area contributed by atoms with Gasteiger partial charge >= 0.3 is 0 Å². The van der Waals surface area contributed by atoms with E-state index < -0.39 is 0 Å². The molecule has 62 valence electrons. The SMILES string of the molecule is [B]NC1CN(CCC)CC1N. The van der Waals surface area contributed by atoms with E-state index in [9.17, 15) is 0 Å². The summed E-state index contributed by atoms with van der Waals surface area (Å²) in [5.74, 6) is 0. The molecule has 2 atom stereocenters. The smallest absolute Gasteiger partial charge is 0.178 e. The molecule has 4 heteroatoms. The van der Waals surface area contributed by atoms with Gasteiger partial charge in [-0.15, -0.1) is 0 Å². The minimum Gasteiger partial charge on any atom is -0.361 e. The Morgan fingerprint density at radius 3 is 2.82 bits per heavy atom. The summed E-state index contributed by atoms with van der Waals surface area (Å²) in [5, 5.41) is 2.74. The number of nitrogens with one attached hydrogen (secondary N) is 1. The summed E-state index contributed by atoms with van der Waals surface area (Å²) in [6, 6.07) is 0.480. The molecule has 1 rings (SSSR count). The first-order valence-electron chi connectivity index (χ1n) is 4.22. The third kappa shape index (κ3) is 2.19. The molecule has 1 aliphatic heterocycles. The van der Waals surface area contributed by atoms with Crippen LogP contribution >= 0.6 is 0 Å². The van der Waals surface area contributed by atoms with Crippen molar-refractivity contribution in [1.82, 2.24) is 10.1 Å². The molecule has 0 aromatic heterocycles. The fraction of sp³-hybridized carbons (Fsp3) is 1.00. The normalized spacial score (nSPS) is 32.9. The first-order chi connectivity index (χ1) is 5.27. The molecule has 0 bridgehead atoms. The van der Waals surface area contributed by atoms with Crippen LogP contribution in [-0.4, -0.2) is 44.6 Å². The van der Waals surface area contributed by atoms with Gasteiger partial charge in [0.25, 0.3) is 0 Å². The van der Waals surface area contributed by atoms with Gasteiger partial charge in [-0.25, -0.2) is 0 Å². The van der Waals surface area contributed by atoms with Gasteiger partial charge in [-0.3, -0.25) is 0 Å². The molecular formula is C7H16BN3. The summed E-state index contributed by atoms with van der Waals surface area (Å²) in [5.41, 5.74) is 5.83. The van der Waals surface area contributed by atoms with Crippen LogP contribution in [0.5, 0.6) is 0 Å². The zero-order valence-corrected chi connectivity index (χ0v) is 7.09. The highest BCUT2D eigenvalue weighted by Crippen LogP contribution is 2.07. The summed E-state index contributed by atoms with van der Waals surface area (Å²) in [7, 11) is 5.33. The maximum atomic E-state index is 5.83. The highest BCUT2D eigenvalue weighted by molar-refractivity contribution is 6.04. The summed E-state index contributed by atoms with van der Waals surface area (Å²) in [4.78, 5) is 2.34. The van der Waals surface area contributed by atoms with Gasteiger partial charge in [-0.2, -0.15) is 0 Å². The minimum atomic E-state index is 0.201. The predicted octanol–water partition coefficient (Wildman–Crippen LogP) is -0.919. The first kappa shape index (κ1) is 9.04. The molecule has 0 saturated carbocycles. The lowest BCUT2D eigenvalue weighted by molar-refractivity contribution is 0.331. The molecule has 11 heavy (non-hydrogen) atoms. The second-order valence-electron chi connectivity index (χ2n) is 3.20. The molecule has 1 saturated heterocycles. The largest absolute Gasteiger partial charge is 0.361 e. The average molecular weight is 153 g/mol. The van der Waals surface area contributed by atoms with Crippen molar-refractivity contribution < 1.29 is 0 Å². The molecule has 0 spiro atoms. The van der Waals surface area contributed by atoms with E-state index in [0.717, 1.165) is 19.6 Å². The third-order valence-electron chi connectivity index (χ3n) is 2.19. The maximum absolute atomic E-state index is 5.83. The van der Waals surface area contributed by atoms with Crippen molar-refractivity contribution in [3.05, 3.63) is 0 Å². The van der Waals surface area contributed by atoms with Crippen molar-refractivity contribution in [1.29, 1.82) is 0 Å². The zero-order valence-electron chi connectivity index (χ0n) is 7.09. The molecular weight excluding hydrogens is 137 g/mol. The van der Waals surface area contributed by atoms with Crippen molar-refractivity contribution in [3.63, 3.8) is 0 Å². The quantitative estimate of drug-likeness (QED) is 0.515. The summed E-state index contributed by atoms with van der Waals surface area (Å²) >= 11 is 0. The number of nitrogens with two attached hydrogens (primary N) is 1. The topological polar surface area (TPSA) is 41.3 Å². The van der Waals surface area contributed by atoms with Crippen LogP contribution in [-0.2, 0) is 0 Å². The van der Waals surface area contributed by atoms with E-state index in [2.05, 4.69) is 17.1 Å². The van der Waals surface area contributed by atoms with E-state index in [1.165, 1.54) is 6.42 Å². The molecule has 0 aromatic carbocycles. The van der Waals surface area contributed by atoms with E-state index in [0.29, 0.717) is 0 Å². The fourth-order valence-corrected chi connectivity index (χ4v) is 1.59. The van der Waals surface area contributed by atoms with Gasteiger partial charge in [-0.1, -0.05) is 6.92 Å². The number of likely N-dealkylation sites (tertiary alicyclic amines) is 1. The van der Waals surface area contributed by atoms with E-state index in [1.54, 1.807) is 0 Å². The van der Waals surface area contributed by atoms with Crippen LogP contribution in [0.3, 0.4) is 0 Å². The number of nitrogens with zero attached hydrogens (tertiary/aromatic N) is 1. The molecule has 1 heterocycles. The molecule has 3 nitrogen and oxygen atoms in total. The van der Waals surface area contributed by atoms with Crippen molar-refractivity contribution in [2.24, 2.45) is 5.73 Å². The van der Waals surface area contributed by atoms with Crippen LogP contribution < -0.4 is 11.0 Å². The van der Waals surface area contributed by atoms with E-state index >= 15 is 0 Å². The van der Waals surface area contributed by atoms with Crippen LogP contribution in [0.2, 0.25) is 0 Å². The fourth-order valence-electron chi connectivity index (χ4n) is 1.59. The Hall–Kier alpha value is -0.0551. The van der Waals surface area contributed by atoms with E-state index in [-0.39, 0.29) is 12.1 Å². The number of hydrogen-bond donors (Lipinski definition) is 2. The lowest BCUT2D eigenvalue weighted by Crippen LogP contribution is -2.42. The molecule has 0 amide bonds. The Bertz CT molecular complexity index is 120. The van der Waals surface area contributed by atoms with Gasteiger partial charge in [0.1, 0.15) is 0 Å². The summed E-state index contributed by atoms with van der Waals surface area (Å²) in [6.45, 7) is 5.27. The van der Waals surface area contributed by atoms with Gasteiger partial charge in [-0.05, 0) is 13.0 Å². The Kier molecular flexibility index (Phi) is 3.36. The van der Waals surface area contributed by atoms with Crippen LogP contribution in [0.4, 0.5) is 0 Å². The Balaban J connectivity index is 2.30. The Morgan fingerprint density at radius 2 is 2.36 bits per heavy atom. The lowest BCUT2D eigenvalue weighted by Gasteiger charge is -2.13. The van der Waals surface area contributed by atoms with Gasteiger partial charge in [0.05, 0.1) is 0 Å². The Labute approximate surface area is 69.7 Å². The number of rotatable bonds is 3. The molecule has 3 N–H and O–H groups in total. The molecule has 2 unspecified atom stereocenters. The minimum absolute atomic E-state index is 0.201. The molecule has 0 aromatic rings. The zero-order chi connectivity index (χ0) is 8.27. The van der Waals surface area contributed by atoms with Gasteiger partial charge in [0, 0.05) is 25.2 Å². The van der Waals surface area contributed by atoms with Crippen molar-refractivity contribution in [3.8, 4) is 0 Å². The first-order valence-corrected chi connectivity index (χ1v) is 4.22. The van der Waals surface area contributed by atoms with Gasteiger partial charge in [0.15, 0.2) is 7.98 Å². The van der Waals surface area contributed by atoms with Crippen LogP contribution in [0.25, 0.3) is 0 Å². The standard InChI is InChI=1S/C7H16BN3/c1-2-3-11-4-6(9)7(5-11)10-8/h6-7,10H,2-5,9H2,1H3.